The molecule has 2 amide bonds. The van der Waals surface area contributed by atoms with Crippen molar-refractivity contribution in [3.05, 3.63) is 64.1 Å². The van der Waals surface area contributed by atoms with Gasteiger partial charge < -0.3 is 10.6 Å². The lowest BCUT2D eigenvalue weighted by atomic mass is 10.1. The summed E-state index contributed by atoms with van der Waals surface area (Å²) in [6, 6.07) is 14.7. The van der Waals surface area contributed by atoms with E-state index in [-0.39, 0.29) is 18.2 Å². The van der Waals surface area contributed by atoms with Crippen LogP contribution in [-0.2, 0) is 11.2 Å². The minimum atomic E-state index is -0.164. The van der Waals surface area contributed by atoms with Crippen LogP contribution < -0.4 is 10.6 Å². The molecule has 0 aromatic heterocycles. The summed E-state index contributed by atoms with van der Waals surface area (Å²) in [4.78, 5) is 24.5. The van der Waals surface area contributed by atoms with Crippen molar-refractivity contribution in [2.24, 2.45) is 0 Å². The third-order valence-electron chi connectivity index (χ3n) is 3.54. The summed E-state index contributed by atoms with van der Waals surface area (Å²) in [6.45, 7) is 2.71. The van der Waals surface area contributed by atoms with Crippen LogP contribution in [0.2, 0.25) is 0 Å². The third-order valence-corrected chi connectivity index (χ3v) is 4.07. The van der Waals surface area contributed by atoms with Crippen molar-refractivity contribution in [2.75, 3.05) is 11.9 Å². The van der Waals surface area contributed by atoms with Crippen molar-refractivity contribution in [3.8, 4) is 0 Å². The molecule has 2 aromatic carbocycles. The highest BCUT2D eigenvalue weighted by Gasteiger charge is 2.12. The van der Waals surface area contributed by atoms with Gasteiger partial charge in [-0.25, -0.2) is 0 Å². The van der Waals surface area contributed by atoms with Gasteiger partial charge in [0.05, 0.1) is 17.7 Å². The van der Waals surface area contributed by atoms with Crippen molar-refractivity contribution in [1.82, 2.24) is 5.32 Å². The standard InChI is InChI=1S/C19H21BrN2O2/c1-2-3-12-21-19(24)16-6-4-5-7-17(16)22-18(23)13-14-8-10-15(20)11-9-14/h4-11H,2-3,12-13H2,1H3,(H,21,24)(H,22,23). The van der Waals surface area contributed by atoms with Gasteiger partial charge in [0.1, 0.15) is 0 Å². The Morgan fingerprint density at radius 3 is 2.46 bits per heavy atom. The lowest BCUT2D eigenvalue weighted by Crippen LogP contribution is -2.26. The average molecular weight is 389 g/mol. The first kappa shape index (κ1) is 18.2. The molecule has 0 atom stereocenters. The number of benzene rings is 2. The van der Waals surface area contributed by atoms with E-state index in [1.165, 1.54) is 0 Å². The average Bonchev–Trinajstić information content (AvgIpc) is 2.57. The van der Waals surface area contributed by atoms with Gasteiger partial charge in [0.15, 0.2) is 0 Å². The van der Waals surface area contributed by atoms with Gasteiger partial charge in [-0.3, -0.25) is 9.59 Å². The summed E-state index contributed by atoms with van der Waals surface area (Å²) < 4.78 is 0.973. The molecule has 0 aliphatic carbocycles. The summed E-state index contributed by atoms with van der Waals surface area (Å²) in [5.41, 5.74) is 1.94. The quantitative estimate of drug-likeness (QED) is 0.699. The van der Waals surface area contributed by atoms with E-state index < -0.39 is 0 Å². The predicted molar refractivity (Wildman–Crippen MR) is 100 cm³/mol. The van der Waals surface area contributed by atoms with E-state index in [0.717, 1.165) is 22.9 Å². The predicted octanol–water partition coefficient (Wildman–Crippen LogP) is 4.16. The number of nitrogens with one attached hydrogen (secondary N) is 2. The van der Waals surface area contributed by atoms with Crippen molar-refractivity contribution < 1.29 is 9.59 Å². The third kappa shape index (κ3) is 5.49. The molecule has 0 aliphatic heterocycles. The molecule has 0 saturated heterocycles. The molecule has 24 heavy (non-hydrogen) atoms. The highest BCUT2D eigenvalue weighted by Crippen LogP contribution is 2.16. The fourth-order valence-electron chi connectivity index (χ4n) is 2.25. The van der Waals surface area contributed by atoms with Gasteiger partial charge in [-0.1, -0.05) is 53.5 Å². The Labute approximate surface area is 150 Å². The Morgan fingerprint density at radius 1 is 1.04 bits per heavy atom. The van der Waals surface area contributed by atoms with Crippen LogP contribution >= 0.6 is 15.9 Å². The van der Waals surface area contributed by atoms with Gasteiger partial charge in [0, 0.05) is 11.0 Å². The Balaban J connectivity index is 2.02. The number of halogens is 1. The zero-order valence-corrected chi connectivity index (χ0v) is 15.2. The maximum absolute atomic E-state index is 12.2. The number of amides is 2. The first-order valence-electron chi connectivity index (χ1n) is 8.01. The molecular weight excluding hydrogens is 368 g/mol. The summed E-state index contributed by atoms with van der Waals surface area (Å²) >= 11 is 3.37. The molecule has 0 saturated carbocycles. The number of unbranched alkanes of at least 4 members (excludes halogenated alkanes) is 1. The molecule has 0 radical (unpaired) electrons. The largest absolute Gasteiger partial charge is 0.352 e. The van der Waals surface area contributed by atoms with E-state index in [9.17, 15) is 9.59 Å². The molecular formula is C19H21BrN2O2. The minimum Gasteiger partial charge on any atom is -0.352 e. The first-order chi connectivity index (χ1) is 11.6. The molecule has 0 bridgehead atoms. The van der Waals surface area contributed by atoms with Crippen LogP contribution in [0, 0.1) is 0 Å². The highest BCUT2D eigenvalue weighted by atomic mass is 79.9. The molecule has 0 spiro atoms. The zero-order chi connectivity index (χ0) is 17.4. The number of para-hydroxylation sites is 1. The summed E-state index contributed by atoms with van der Waals surface area (Å²) in [5, 5.41) is 5.71. The van der Waals surface area contributed by atoms with Crippen LogP contribution in [0.25, 0.3) is 0 Å². The zero-order valence-electron chi connectivity index (χ0n) is 13.6. The Morgan fingerprint density at radius 2 is 1.75 bits per heavy atom. The molecule has 2 aromatic rings. The Hall–Kier alpha value is -2.14. The molecule has 4 nitrogen and oxygen atoms in total. The maximum Gasteiger partial charge on any atom is 0.253 e. The molecule has 2 N–H and O–H groups in total. The van der Waals surface area contributed by atoms with E-state index in [4.69, 9.17) is 0 Å². The van der Waals surface area contributed by atoms with Gasteiger partial charge in [0.2, 0.25) is 5.91 Å². The van der Waals surface area contributed by atoms with Crippen LogP contribution in [0.4, 0.5) is 5.69 Å². The number of carbonyl (C=O) groups excluding carboxylic acids is 2. The van der Waals surface area contributed by atoms with Crippen molar-refractivity contribution in [1.29, 1.82) is 0 Å². The second-order valence-electron chi connectivity index (χ2n) is 5.51. The number of carbonyl (C=O) groups is 2. The van der Waals surface area contributed by atoms with Gasteiger partial charge in [-0.05, 0) is 36.2 Å². The van der Waals surface area contributed by atoms with E-state index in [1.54, 1.807) is 24.3 Å². The summed E-state index contributed by atoms with van der Waals surface area (Å²) in [5.74, 6) is -0.311. The second-order valence-corrected chi connectivity index (χ2v) is 6.42. The maximum atomic E-state index is 12.2. The van der Waals surface area contributed by atoms with Crippen molar-refractivity contribution in [2.45, 2.75) is 26.2 Å². The molecule has 0 heterocycles. The van der Waals surface area contributed by atoms with Crippen LogP contribution in [0.15, 0.2) is 53.0 Å². The van der Waals surface area contributed by atoms with E-state index in [1.807, 2.05) is 24.3 Å². The fraction of sp³-hybridized carbons (Fsp3) is 0.263. The number of rotatable bonds is 7. The number of anilines is 1. The van der Waals surface area contributed by atoms with E-state index in [0.29, 0.717) is 17.8 Å². The van der Waals surface area contributed by atoms with Gasteiger partial charge in [-0.2, -0.15) is 0 Å². The first-order valence-corrected chi connectivity index (χ1v) is 8.81. The lowest BCUT2D eigenvalue weighted by Gasteiger charge is -2.11. The van der Waals surface area contributed by atoms with Crippen molar-refractivity contribution in [3.63, 3.8) is 0 Å². The molecule has 5 heteroatoms. The molecule has 126 valence electrons. The SMILES string of the molecule is CCCCNC(=O)c1ccccc1NC(=O)Cc1ccc(Br)cc1. The Kier molecular flexibility index (Phi) is 7.00. The molecule has 0 fully saturated rings. The second kappa shape index (κ2) is 9.23. The highest BCUT2D eigenvalue weighted by molar-refractivity contribution is 9.10. The van der Waals surface area contributed by atoms with Crippen LogP contribution in [0.3, 0.4) is 0 Å². The van der Waals surface area contributed by atoms with Crippen LogP contribution in [0.5, 0.6) is 0 Å². The topological polar surface area (TPSA) is 58.2 Å². The van der Waals surface area contributed by atoms with Crippen LogP contribution in [-0.4, -0.2) is 18.4 Å². The summed E-state index contributed by atoms with van der Waals surface area (Å²) in [7, 11) is 0. The van der Waals surface area contributed by atoms with E-state index >= 15 is 0 Å². The smallest absolute Gasteiger partial charge is 0.253 e. The normalized spacial score (nSPS) is 10.2. The fourth-order valence-corrected chi connectivity index (χ4v) is 2.51. The Bertz CT molecular complexity index is 699. The van der Waals surface area contributed by atoms with Gasteiger partial charge >= 0.3 is 0 Å². The lowest BCUT2D eigenvalue weighted by molar-refractivity contribution is -0.115. The minimum absolute atomic E-state index is 0.147. The van der Waals surface area contributed by atoms with E-state index in [2.05, 4.69) is 33.5 Å². The number of hydrogen-bond acceptors (Lipinski definition) is 2. The molecule has 0 unspecified atom stereocenters. The van der Waals surface area contributed by atoms with Gasteiger partial charge in [-0.15, -0.1) is 0 Å². The van der Waals surface area contributed by atoms with Crippen LogP contribution in [0.1, 0.15) is 35.7 Å². The number of hydrogen-bond donors (Lipinski definition) is 2. The van der Waals surface area contributed by atoms with Crippen molar-refractivity contribution >= 4 is 33.4 Å². The monoisotopic (exact) mass is 388 g/mol. The molecule has 2 rings (SSSR count). The summed E-state index contributed by atoms with van der Waals surface area (Å²) in [6.07, 6.45) is 2.22. The molecule has 0 aliphatic rings. The van der Waals surface area contributed by atoms with Gasteiger partial charge in [0.25, 0.3) is 5.91 Å².